The van der Waals surface area contributed by atoms with Gasteiger partial charge in [0.15, 0.2) is 0 Å². The topological polar surface area (TPSA) is 0 Å². The van der Waals surface area contributed by atoms with E-state index in [1.165, 1.54) is 0 Å². The number of terminal acetylenes is 1. The normalized spacial score (nSPS) is 12.7. The van der Waals surface area contributed by atoms with Crippen molar-refractivity contribution >= 4 is 5.57 Å². The lowest BCUT2D eigenvalue weighted by Gasteiger charge is -2.18. The van der Waals surface area contributed by atoms with Gasteiger partial charge in [0.2, 0.25) is 0 Å². The maximum absolute atomic E-state index is 5.73. The highest BCUT2D eigenvalue weighted by atomic mass is 14.2. The predicted molar refractivity (Wildman–Crippen MR) is 86.2 cm³/mol. The fourth-order valence-corrected chi connectivity index (χ4v) is 2.02. The Morgan fingerprint density at radius 3 is 2.10 bits per heavy atom. The van der Waals surface area contributed by atoms with Crippen LogP contribution >= 0.6 is 0 Å². The Hall–Kier alpha value is -2.48. The summed E-state index contributed by atoms with van der Waals surface area (Å²) >= 11 is 0. The second kappa shape index (κ2) is 6.11. The minimum Gasteiger partial charge on any atom is -0.119 e. The molecule has 2 aromatic carbocycles. The molecule has 0 aliphatic rings. The Bertz CT molecular complexity index is 665. The quantitative estimate of drug-likeness (QED) is 0.546. The highest BCUT2D eigenvalue weighted by Crippen LogP contribution is 2.24. The monoisotopic (exact) mass is 258 g/mol. The number of allylic oxidation sites excluding steroid dienone is 1. The largest absolute Gasteiger partial charge is 0.119 e. The van der Waals surface area contributed by atoms with Crippen LogP contribution in [0.4, 0.5) is 0 Å². The molecule has 0 spiro atoms. The third kappa shape index (κ3) is 3.09. The molecule has 0 aromatic heterocycles. The third-order valence-corrected chi connectivity index (χ3v) is 3.46. The van der Waals surface area contributed by atoms with E-state index in [4.69, 9.17) is 6.42 Å². The number of hydrogen-bond acceptors (Lipinski definition) is 0. The lowest BCUT2D eigenvalue weighted by Crippen LogP contribution is -2.15. The molecule has 0 heterocycles. The first-order valence-corrected chi connectivity index (χ1v) is 6.69. The van der Waals surface area contributed by atoms with E-state index in [0.717, 1.165) is 16.7 Å². The van der Waals surface area contributed by atoms with Gasteiger partial charge in [-0.3, -0.25) is 0 Å². The van der Waals surface area contributed by atoms with Crippen molar-refractivity contribution in [3.05, 3.63) is 83.6 Å². The first-order chi connectivity index (χ1) is 9.65. The fraction of sp³-hybridized carbons (Fsp3) is 0.150. The molecule has 0 bridgehead atoms. The first-order valence-electron chi connectivity index (χ1n) is 6.69. The molecule has 0 saturated heterocycles. The van der Waals surface area contributed by atoms with E-state index in [1.54, 1.807) is 0 Å². The van der Waals surface area contributed by atoms with Gasteiger partial charge in [0.25, 0.3) is 0 Å². The molecule has 0 radical (unpaired) electrons. The van der Waals surface area contributed by atoms with Gasteiger partial charge in [-0.1, -0.05) is 66.6 Å². The summed E-state index contributed by atoms with van der Waals surface area (Å²) < 4.78 is 0. The third-order valence-electron chi connectivity index (χ3n) is 3.46. The van der Waals surface area contributed by atoms with E-state index in [9.17, 15) is 0 Å². The van der Waals surface area contributed by atoms with Crippen LogP contribution in [0.2, 0.25) is 0 Å². The van der Waals surface area contributed by atoms with Gasteiger partial charge in [-0.05, 0) is 36.6 Å². The van der Waals surface area contributed by atoms with E-state index in [2.05, 4.69) is 35.9 Å². The average molecular weight is 258 g/mol. The summed E-state index contributed by atoms with van der Waals surface area (Å²) in [5.74, 6) is 2.87. The SMILES string of the molecule is C#CC(C)(C=C=C(C)c1ccccc1)c1ccccc1. The first kappa shape index (κ1) is 13.9. The van der Waals surface area contributed by atoms with Crippen LogP contribution in [0.1, 0.15) is 25.0 Å². The van der Waals surface area contributed by atoms with Gasteiger partial charge in [-0.25, -0.2) is 0 Å². The lowest BCUT2D eigenvalue weighted by atomic mass is 9.83. The molecule has 0 nitrogen and oxygen atoms in total. The van der Waals surface area contributed by atoms with Gasteiger partial charge in [0, 0.05) is 0 Å². The highest BCUT2D eigenvalue weighted by Gasteiger charge is 2.19. The molecule has 98 valence electrons. The molecule has 0 aliphatic carbocycles. The Kier molecular flexibility index (Phi) is 4.26. The van der Waals surface area contributed by atoms with E-state index in [0.29, 0.717) is 0 Å². The summed E-state index contributed by atoms with van der Waals surface area (Å²) in [5, 5.41) is 0. The highest BCUT2D eigenvalue weighted by molar-refractivity contribution is 5.63. The molecule has 20 heavy (non-hydrogen) atoms. The van der Waals surface area contributed by atoms with Crippen LogP contribution in [0, 0.1) is 12.3 Å². The van der Waals surface area contributed by atoms with Crippen LogP contribution in [0.3, 0.4) is 0 Å². The second-order valence-corrected chi connectivity index (χ2v) is 4.99. The van der Waals surface area contributed by atoms with Crippen LogP contribution in [0.5, 0.6) is 0 Å². The van der Waals surface area contributed by atoms with E-state index in [-0.39, 0.29) is 0 Å². The summed E-state index contributed by atoms with van der Waals surface area (Å²) in [4.78, 5) is 0. The Labute approximate surface area is 121 Å². The fourth-order valence-electron chi connectivity index (χ4n) is 2.02. The molecule has 0 aliphatic heterocycles. The zero-order chi connectivity index (χ0) is 14.4. The summed E-state index contributed by atoms with van der Waals surface area (Å²) in [6.07, 6.45) is 7.71. The van der Waals surface area contributed by atoms with Gasteiger partial charge in [0.05, 0.1) is 5.41 Å². The van der Waals surface area contributed by atoms with Crippen molar-refractivity contribution in [2.45, 2.75) is 19.3 Å². The van der Waals surface area contributed by atoms with E-state index >= 15 is 0 Å². The van der Waals surface area contributed by atoms with Crippen molar-refractivity contribution < 1.29 is 0 Å². The Morgan fingerprint density at radius 1 is 1.00 bits per heavy atom. The Morgan fingerprint density at radius 2 is 1.55 bits per heavy atom. The maximum atomic E-state index is 5.73. The van der Waals surface area contributed by atoms with Gasteiger partial charge in [-0.15, -0.1) is 12.2 Å². The van der Waals surface area contributed by atoms with Crippen LogP contribution < -0.4 is 0 Å². The maximum Gasteiger partial charge on any atom is 0.0785 e. The van der Waals surface area contributed by atoms with Crippen LogP contribution in [0.15, 0.2) is 72.5 Å². The minimum absolute atomic E-state index is 0.433. The van der Waals surface area contributed by atoms with Crippen molar-refractivity contribution in [3.8, 4) is 12.3 Å². The predicted octanol–water partition coefficient (Wildman–Crippen LogP) is 4.84. The Balaban J connectivity index is 2.40. The summed E-state index contributed by atoms with van der Waals surface area (Å²) in [6, 6.07) is 20.3. The molecular formula is C20H18. The molecule has 0 heteroatoms. The molecule has 0 saturated carbocycles. The van der Waals surface area contributed by atoms with Crippen molar-refractivity contribution in [1.82, 2.24) is 0 Å². The average Bonchev–Trinajstić information content (AvgIpc) is 2.54. The standard InChI is InChI=1S/C20H18/c1-4-20(3,19-13-9-6-10-14-19)16-15-17(2)18-11-7-5-8-12-18/h1,5-14,16H,2-3H3. The molecule has 0 N–H and O–H groups in total. The number of hydrogen-bond donors (Lipinski definition) is 0. The van der Waals surface area contributed by atoms with Gasteiger partial charge in [-0.2, -0.15) is 0 Å². The summed E-state index contributed by atoms with van der Waals surface area (Å²) in [7, 11) is 0. The summed E-state index contributed by atoms with van der Waals surface area (Å²) in [6.45, 7) is 4.08. The molecular weight excluding hydrogens is 240 g/mol. The smallest absolute Gasteiger partial charge is 0.0785 e. The van der Waals surface area contributed by atoms with Crippen LogP contribution in [-0.4, -0.2) is 0 Å². The van der Waals surface area contributed by atoms with Crippen molar-refractivity contribution in [1.29, 1.82) is 0 Å². The van der Waals surface area contributed by atoms with Crippen molar-refractivity contribution in [2.24, 2.45) is 0 Å². The van der Waals surface area contributed by atoms with Crippen molar-refractivity contribution in [3.63, 3.8) is 0 Å². The number of rotatable bonds is 3. The molecule has 0 amide bonds. The number of benzene rings is 2. The van der Waals surface area contributed by atoms with E-state index < -0.39 is 5.41 Å². The van der Waals surface area contributed by atoms with Crippen LogP contribution in [0.25, 0.3) is 5.57 Å². The van der Waals surface area contributed by atoms with Gasteiger partial charge in [0.1, 0.15) is 0 Å². The molecule has 2 rings (SSSR count). The zero-order valence-electron chi connectivity index (χ0n) is 11.9. The van der Waals surface area contributed by atoms with Gasteiger partial charge >= 0.3 is 0 Å². The van der Waals surface area contributed by atoms with Crippen LogP contribution in [-0.2, 0) is 5.41 Å². The molecule has 0 fully saturated rings. The minimum atomic E-state index is -0.433. The van der Waals surface area contributed by atoms with Crippen molar-refractivity contribution in [2.75, 3.05) is 0 Å². The summed E-state index contributed by atoms with van der Waals surface area (Å²) in [5.41, 5.74) is 6.26. The molecule has 2 aromatic rings. The molecule has 1 atom stereocenters. The zero-order valence-corrected chi connectivity index (χ0v) is 11.9. The lowest BCUT2D eigenvalue weighted by molar-refractivity contribution is 0.791. The second-order valence-electron chi connectivity index (χ2n) is 4.99. The van der Waals surface area contributed by atoms with Gasteiger partial charge < -0.3 is 0 Å². The van der Waals surface area contributed by atoms with E-state index in [1.807, 2.05) is 56.3 Å². The molecule has 1 unspecified atom stereocenters.